The van der Waals surface area contributed by atoms with Crippen molar-refractivity contribution in [2.75, 3.05) is 13.2 Å². The van der Waals surface area contributed by atoms with Crippen LogP contribution < -0.4 is 19.5 Å². The molecule has 23 heavy (non-hydrogen) atoms. The molecule has 5 nitrogen and oxygen atoms in total. The second-order valence-electron chi connectivity index (χ2n) is 6.81. The minimum atomic E-state index is -0.535. The normalized spacial score (nSPS) is 20.0. The van der Waals surface area contributed by atoms with Gasteiger partial charge in [-0.2, -0.15) is 0 Å². The van der Waals surface area contributed by atoms with Gasteiger partial charge < -0.3 is 24.6 Å². The molecule has 2 aliphatic rings. The molecule has 1 saturated carbocycles. The number of aliphatic hydroxyl groups is 1. The minimum absolute atomic E-state index is 0.254. The predicted octanol–water partition coefficient (Wildman–Crippen LogP) is 2.86. The fourth-order valence-electron chi connectivity index (χ4n) is 3.08. The van der Waals surface area contributed by atoms with Crippen molar-refractivity contribution in [1.82, 2.24) is 5.32 Å². The summed E-state index contributed by atoms with van der Waals surface area (Å²) in [6.07, 6.45) is 4.89. The fourth-order valence-corrected chi connectivity index (χ4v) is 3.08. The van der Waals surface area contributed by atoms with Gasteiger partial charge in [-0.3, -0.25) is 0 Å². The highest BCUT2D eigenvalue weighted by Crippen LogP contribution is 2.46. The van der Waals surface area contributed by atoms with E-state index in [9.17, 15) is 5.11 Å². The zero-order valence-electron chi connectivity index (χ0n) is 14.0. The molecule has 0 radical (unpaired) electrons. The lowest BCUT2D eigenvalue weighted by molar-refractivity contribution is -0.105. The summed E-state index contributed by atoms with van der Waals surface area (Å²) >= 11 is 0. The summed E-state index contributed by atoms with van der Waals surface area (Å²) in [5, 5.41) is 13.1. The highest BCUT2D eigenvalue weighted by atomic mass is 16.7. The zero-order valence-corrected chi connectivity index (χ0v) is 14.0. The van der Waals surface area contributed by atoms with E-state index in [-0.39, 0.29) is 6.61 Å². The first kappa shape index (κ1) is 16.4. The van der Waals surface area contributed by atoms with E-state index in [0.717, 1.165) is 37.2 Å². The molecule has 1 fully saturated rings. The third-order valence-electron chi connectivity index (χ3n) is 4.33. The molecular weight excluding hydrogens is 294 g/mol. The van der Waals surface area contributed by atoms with Gasteiger partial charge in [-0.15, -0.1) is 0 Å². The van der Waals surface area contributed by atoms with Crippen LogP contribution in [0, 0.1) is 0 Å². The molecule has 0 bridgehead atoms. The Morgan fingerprint density at radius 2 is 1.91 bits per heavy atom. The quantitative estimate of drug-likeness (QED) is 0.844. The zero-order chi connectivity index (χ0) is 16.3. The van der Waals surface area contributed by atoms with E-state index in [0.29, 0.717) is 18.3 Å². The van der Waals surface area contributed by atoms with Crippen molar-refractivity contribution in [3.63, 3.8) is 0 Å². The van der Waals surface area contributed by atoms with Crippen LogP contribution in [-0.2, 0) is 0 Å². The second-order valence-corrected chi connectivity index (χ2v) is 6.81. The maximum absolute atomic E-state index is 9.91. The van der Waals surface area contributed by atoms with Crippen molar-refractivity contribution in [3.8, 4) is 17.2 Å². The number of fused-ring (bicyclic) bond motifs is 1. The lowest BCUT2D eigenvalue weighted by Crippen LogP contribution is -2.40. The monoisotopic (exact) mass is 321 g/mol. The summed E-state index contributed by atoms with van der Waals surface area (Å²) in [7, 11) is 0. The molecule has 1 unspecified atom stereocenters. The van der Waals surface area contributed by atoms with E-state index < -0.39 is 11.9 Å². The minimum Gasteiger partial charge on any atom is -0.491 e. The van der Waals surface area contributed by atoms with E-state index in [1.807, 2.05) is 32.0 Å². The summed E-state index contributed by atoms with van der Waals surface area (Å²) in [6.45, 7) is 4.87. The smallest absolute Gasteiger partial charge is 0.251 e. The van der Waals surface area contributed by atoms with Gasteiger partial charge in [-0.05, 0) is 25.0 Å². The lowest BCUT2D eigenvalue weighted by atomic mass is 9.94. The molecule has 5 heteroatoms. The van der Waals surface area contributed by atoms with Crippen molar-refractivity contribution in [3.05, 3.63) is 18.2 Å². The van der Waals surface area contributed by atoms with Gasteiger partial charge in [0.05, 0.1) is 0 Å². The maximum Gasteiger partial charge on any atom is 0.251 e. The van der Waals surface area contributed by atoms with Crippen molar-refractivity contribution < 1.29 is 19.3 Å². The molecule has 1 aromatic carbocycles. The Morgan fingerprint density at radius 1 is 1.17 bits per heavy atom. The highest BCUT2D eigenvalue weighted by molar-refractivity contribution is 5.48. The van der Waals surface area contributed by atoms with Gasteiger partial charge in [-0.1, -0.05) is 20.3 Å². The Balaban J connectivity index is 1.55. The maximum atomic E-state index is 9.91. The van der Waals surface area contributed by atoms with Crippen LogP contribution in [0.4, 0.5) is 0 Å². The molecule has 1 atom stereocenters. The van der Waals surface area contributed by atoms with Gasteiger partial charge in [0, 0.05) is 31.5 Å². The topological polar surface area (TPSA) is 60.0 Å². The molecule has 1 heterocycles. The first-order valence-corrected chi connectivity index (χ1v) is 8.63. The number of nitrogens with one attached hydrogen (secondary N) is 1. The van der Waals surface area contributed by atoms with Crippen molar-refractivity contribution >= 4 is 0 Å². The Hall–Kier alpha value is -1.46. The Kier molecular flexibility index (Phi) is 4.97. The molecule has 3 rings (SSSR count). The standard InChI is InChI=1S/C18H27NO4/c1-13(2)19-11-14(20)12-21-15-6-7-16-17(10-15)23-18(22-16)8-4-3-5-9-18/h6-7,10,13-14,19-20H,3-5,8-9,11-12H2,1-2H3. The van der Waals surface area contributed by atoms with Crippen LogP contribution in [0.2, 0.25) is 0 Å². The van der Waals surface area contributed by atoms with Crippen LogP contribution in [0.15, 0.2) is 18.2 Å². The van der Waals surface area contributed by atoms with Crippen molar-refractivity contribution in [1.29, 1.82) is 0 Å². The number of rotatable bonds is 6. The fraction of sp³-hybridized carbons (Fsp3) is 0.667. The average Bonchev–Trinajstić information content (AvgIpc) is 2.88. The van der Waals surface area contributed by atoms with E-state index in [4.69, 9.17) is 14.2 Å². The van der Waals surface area contributed by atoms with Gasteiger partial charge in [0.15, 0.2) is 11.5 Å². The average molecular weight is 321 g/mol. The summed E-state index contributed by atoms with van der Waals surface area (Å²) in [6, 6.07) is 5.97. The number of hydrogen-bond acceptors (Lipinski definition) is 5. The molecule has 0 saturated heterocycles. The van der Waals surface area contributed by atoms with Gasteiger partial charge in [-0.25, -0.2) is 0 Å². The SMILES string of the molecule is CC(C)NCC(O)COc1ccc2c(c1)OC1(CCCCC1)O2. The molecular formula is C18H27NO4. The third kappa shape index (κ3) is 4.09. The van der Waals surface area contributed by atoms with Crippen LogP contribution in [0.1, 0.15) is 46.0 Å². The number of benzene rings is 1. The van der Waals surface area contributed by atoms with Crippen LogP contribution in [-0.4, -0.2) is 36.2 Å². The lowest BCUT2D eigenvalue weighted by Gasteiger charge is -2.31. The Labute approximate surface area is 137 Å². The molecule has 1 aliphatic heterocycles. The number of ether oxygens (including phenoxy) is 3. The van der Waals surface area contributed by atoms with Crippen molar-refractivity contribution in [2.45, 2.75) is 63.9 Å². The van der Waals surface area contributed by atoms with E-state index in [2.05, 4.69) is 5.32 Å². The van der Waals surface area contributed by atoms with Gasteiger partial charge in [0.2, 0.25) is 0 Å². The van der Waals surface area contributed by atoms with Gasteiger partial charge in [0.25, 0.3) is 5.79 Å². The molecule has 1 spiro atoms. The number of aliphatic hydroxyl groups excluding tert-OH is 1. The highest BCUT2D eigenvalue weighted by Gasteiger charge is 2.42. The van der Waals surface area contributed by atoms with E-state index in [1.54, 1.807) is 0 Å². The predicted molar refractivity (Wildman–Crippen MR) is 88.2 cm³/mol. The van der Waals surface area contributed by atoms with E-state index in [1.165, 1.54) is 6.42 Å². The van der Waals surface area contributed by atoms with E-state index >= 15 is 0 Å². The second kappa shape index (κ2) is 6.97. The third-order valence-corrected chi connectivity index (χ3v) is 4.33. The molecule has 128 valence electrons. The molecule has 0 amide bonds. The Morgan fingerprint density at radius 3 is 2.65 bits per heavy atom. The van der Waals surface area contributed by atoms with Gasteiger partial charge in [0.1, 0.15) is 18.5 Å². The summed E-state index contributed by atoms with van der Waals surface area (Å²) in [5.74, 6) is 1.78. The largest absolute Gasteiger partial charge is 0.491 e. The van der Waals surface area contributed by atoms with Crippen LogP contribution in [0.5, 0.6) is 17.2 Å². The number of hydrogen-bond donors (Lipinski definition) is 2. The Bertz CT molecular complexity index is 526. The van der Waals surface area contributed by atoms with Crippen LogP contribution in [0.25, 0.3) is 0 Å². The summed E-state index contributed by atoms with van der Waals surface area (Å²) < 4.78 is 17.8. The van der Waals surface area contributed by atoms with Crippen LogP contribution in [0.3, 0.4) is 0 Å². The molecule has 1 aliphatic carbocycles. The van der Waals surface area contributed by atoms with Crippen LogP contribution >= 0.6 is 0 Å². The first-order valence-electron chi connectivity index (χ1n) is 8.63. The molecule has 2 N–H and O–H groups in total. The first-order chi connectivity index (χ1) is 11.1. The summed E-state index contributed by atoms with van der Waals surface area (Å²) in [4.78, 5) is 0. The summed E-state index contributed by atoms with van der Waals surface area (Å²) in [5.41, 5.74) is 0. The molecule has 0 aromatic heterocycles. The van der Waals surface area contributed by atoms with Crippen molar-refractivity contribution in [2.24, 2.45) is 0 Å². The molecule has 1 aromatic rings. The van der Waals surface area contributed by atoms with Gasteiger partial charge >= 0.3 is 0 Å².